The fraction of sp³-hybridized carbons (Fsp3) is 1.00. The summed E-state index contributed by atoms with van der Waals surface area (Å²) in [6, 6.07) is 0. The van der Waals surface area contributed by atoms with Crippen molar-refractivity contribution in [2.45, 2.75) is 45.8 Å². The number of rotatable bonds is 4. The molecule has 1 aliphatic heterocycles. The lowest BCUT2D eigenvalue weighted by atomic mass is 10.1. The van der Waals surface area contributed by atoms with Crippen molar-refractivity contribution in [3.63, 3.8) is 0 Å². The van der Waals surface area contributed by atoms with Crippen molar-refractivity contribution < 1.29 is 4.74 Å². The van der Waals surface area contributed by atoms with E-state index in [4.69, 9.17) is 4.74 Å². The van der Waals surface area contributed by atoms with Crippen LogP contribution in [-0.4, -0.2) is 36.2 Å². The van der Waals surface area contributed by atoms with Gasteiger partial charge in [0.1, 0.15) is 0 Å². The first-order valence-corrected chi connectivity index (χ1v) is 4.90. The summed E-state index contributed by atoms with van der Waals surface area (Å²) in [5, 5.41) is 0. The van der Waals surface area contributed by atoms with Crippen LogP contribution in [0.2, 0.25) is 0 Å². The van der Waals surface area contributed by atoms with Gasteiger partial charge < -0.3 is 4.74 Å². The molecular weight excluding hydrogens is 150 g/mol. The zero-order valence-corrected chi connectivity index (χ0v) is 8.76. The Kier molecular flexibility index (Phi) is 3.13. The molecule has 0 spiro atoms. The summed E-state index contributed by atoms with van der Waals surface area (Å²) in [6.45, 7) is 12.3. The number of hydrogen-bond acceptors (Lipinski definition) is 2. The first-order chi connectivity index (χ1) is 5.54. The Morgan fingerprint density at radius 1 is 1.42 bits per heavy atom. The molecule has 0 aliphatic carbocycles. The maximum absolute atomic E-state index is 5.24. The Labute approximate surface area is 75.9 Å². The number of nitrogens with zero attached hydrogens (tertiary/aromatic N) is 1. The summed E-state index contributed by atoms with van der Waals surface area (Å²) in [5.41, 5.74) is 0.294. The molecule has 0 aromatic carbocycles. The molecule has 0 aromatic heterocycles. The predicted molar refractivity (Wildman–Crippen MR) is 51.4 cm³/mol. The van der Waals surface area contributed by atoms with Gasteiger partial charge >= 0.3 is 0 Å². The van der Waals surface area contributed by atoms with E-state index in [1.807, 2.05) is 0 Å². The Balaban J connectivity index is 2.35. The first kappa shape index (κ1) is 10.0. The second-order valence-electron chi connectivity index (χ2n) is 4.57. The summed E-state index contributed by atoms with van der Waals surface area (Å²) in [4.78, 5) is 2.50. The first-order valence-electron chi connectivity index (χ1n) is 4.90. The average Bonchev–Trinajstić information content (AvgIpc) is 2.68. The van der Waals surface area contributed by atoms with Crippen molar-refractivity contribution in [2.24, 2.45) is 0 Å². The minimum Gasteiger partial charge on any atom is -0.372 e. The number of epoxide rings is 1. The van der Waals surface area contributed by atoms with Crippen LogP contribution in [0.1, 0.15) is 34.1 Å². The molecule has 1 unspecified atom stereocenters. The molecule has 0 aromatic rings. The normalized spacial score (nSPS) is 23.2. The Morgan fingerprint density at radius 3 is 2.33 bits per heavy atom. The van der Waals surface area contributed by atoms with Gasteiger partial charge in [0.2, 0.25) is 0 Å². The van der Waals surface area contributed by atoms with Crippen LogP contribution in [-0.2, 0) is 4.74 Å². The molecule has 0 saturated carbocycles. The molecule has 0 amide bonds. The molecule has 12 heavy (non-hydrogen) atoms. The van der Waals surface area contributed by atoms with Crippen LogP contribution in [0.15, 0.2) is 0 Å². The maximum atomic E-state index is 5.24. The van der Waals surface area contributed by atoms with E-state index >= 15 is 0 Å². The Hall–Kier alpha value is -0.0800. The van der Waals surface area contributed by atoms with E-state index in [0.29, 0.717) is 11.6 Å². The SMILES string of the molecule is CCCN(CC1CO1)C(C)(C)C. The molecule has 1 atom stereocenters. The molecule has 1 fully saturated rings. The Morgan fingerprint density at radius 2 is 2.00 bits per heavy atom. The van der Waals surface area contributed by atoms with Gasteiger partial charge in [0.05, 0.1) is 12.7 Å². The lowest BCUT2D eigenvalue weighted by Gasteiger charge is -2.35. The summed E-state index contributed by atoms with van der Waals surface area (Å²) < 4.78 is 5.24. The smallest absolute Gasteiger partial charge is 0.0936 e. The quantitative estimate of drug-likeness (QED) is 0.600. The predicted octanol–water partition coefficient (Wildman–Crippen LogP) is 1.90. The lowest BCUT2D eigenvalue weighted by Crippen LogP contribution is -2.43. The maximum Gasteiger partial charge on any atom is 0.0936 e. The van der Waals surface area contributed by atoms with Gasteiger partial charge in [0, 0.05) is 12.1 Å². The van der Waals surface area contributed by atoms with Crippen molar-refractivity contribution in [1.29, 1.82) is 0 Å². The van der Waals surface area contributed by atoms with Crippen molar-refractivity contribution >= 4 is 0 Å². The fourth-order valence-electron chi connectivity index (χ4n) is 1.39. The molecule has 2 heteroatoms. The van der Waals surface area contributed by atoms with Gasteiger partial charge in [-0.1, -0.05) is 6.92 Å². The van der Waals surface area contributed by atoms with Crippen molar-refractivity contribution in [3.8, 4) is 0 Å². The molecule has 0 radical (unpaired) electrons. The van der Waals surface area contributed by atoms with Gasteiger partial charge in [-0.3, -0.25) is 4.90 Å². The highest BCUT2D eigenvalue weighted by atomic mass is 16.6. The van der Waals surface area contributed by atoms with E-state index in [1.54, 1.807) is 0 Å². The average molecular weight is 171 g/mol. The van der Waals surface area contributed by atoms with E-state index in [1.165, 1.54) is 13.0 Å². The van der Waals surface area contributed by atoms with Crippen molar-refractivity contribution in [3.05, 3.63) is 0 Å². The van der Waals surface area contributed by atoms with Crippen LogP contribution in [0.5, 0.6) is 0 Å². The van der Waals surface area contributed by atoms with Gasteiger partial charge in [0.25, 0.3) is 0 Å². The third-order valence-electron chi connectivity index (χ3n) is 2.27. The van der Waals surface area contributed by atoms with Gasteiger partial charge in [0.15, 0.2) is 0 Å². The van der Waals surface area contributed by atoms with Crippen LogP contribution in [0.25, 0.3) is 0 Å². The minimum atomic E-state index is 0.294. The number of hydrogen-bond donors (Lipinski definition) is 0. The second kappa shape index (κ2) is 3.75. The van der Waals surface area contributed by atoms with E-state index in [-0.39, 0.29) is 0 Å². The fourth-order valence-corrected chi connectivity index (χ4v) is 1.39. The van der Waals surface area contributed by atoms with Gasteiger partial charge in [-0.15, -0.1) is 0 Å². The molecular formula is C10H21NO. The minimum absolute atomic E-state index is 0.294. The second-order valence-corrected chi connectivity index (χ2v) is 4.57. The molecule has 2 nitrogen and oxygen atoms in total. The summed E-state index contributed by atoms with van der Waals surface area (Å²) in [5.74, 6) is 0. The highest BCUT2D eigenvalue weighted by Crippen LogP contribution is 2.19. The van der Waals surface area contributed by atoms with Crippen molar-refractivity contribution in [1.82, 2.24) is 4.90 Å². The third-order valence-corrected chi connectivity index (χ3v) is 2.27. The molecule has 1 saturated heterocycles. The lowest BCUT2D eigenvalue weighted by molar-refractivity contribution is 0.124. The van der Waals surface area contributed by atoms with Crippen LogP contribution >= 0.6 is 0 Å². The zero-order chi connectivity index (χ0) is 9.19. The monoisotopic (exact) mass is 171 g/mol. The highest BCUT2D eigenvalue weighted by molar-refractivity contribution is 4.82. The molecule has 0 bridgehead atoms. The summed E-state index contributed by atoms with van der Waals surface area (Å²) in [7, 11) is 0. The molecule has 1 aliphatic rings. The summed E-state index contributed by atoms with van der Waals surface area (Å²) in [6.07, 6.45) is 1.75. The largest absolute Gasteiger partial charge is 0.372 e. The van der Waals surface area contributed by atoms with Crippen LogP contribution in [0.4, 0.5) is 0 Å². The molecule has 1 heterocycles. The van der Waals surface area contributed by atoms with E-state index in [0.717, 1.165) is 13.2 Å². The van der Waals surface area contributed by atoms with Crippen molar-refractivity contribution in [2.75, 3.05) is 19.7 Å². The van der Waals surface area contributed by atoms with Crippen LogP contribution in [0, 0.1) is 0 Å². The topological polar surface area (TPSA) is 15.8 Å². The zero-order valence-electron chi connectivity index (χ0n) is 8.76. The van der Waals surface area contributed by atoms with Crippen LogP contribution in [0.3, 0.4) is 0 Å². The molecule has 1 rings (SSSR count). The molecule has 72 valence electrons. The number of ether oxygens (including phenoxy) is 1. The Bertz CT molecular complexity index is 135. The van der Waals surface area contributed by atoms with Gasteiger partial charge in [-0.25, -0.2) is 0 Å². The highest BCUT2D eigenvalue weighted by Gasteiger charge is 2.29. The summed E-state index contributed by atoms with van der Waals surface area (Å²) >= 11 is 0. The van der Waals surface area contributed by atoms with E-state index < -0.39 is 0 Å². The van der Waals surface area contributed by atoms with Crippen LogP contribution < -0.4 is 0 Å². The van der Waals surface area contributed by atoms with Gasteiger partial charge in [-0.05, 0) is 33.7 Å². The standard InChI is InChI=1S/C10H21NO/c1-5-6-11(10(2,3)4)7-9-8-12-9/h9H,5-8H2,1-4H3. The third kappa shape index (κ3) is 3.11. The van der Waals surface area contributed by atoms with E-state index in [2.05, 4.69) is 32.6 Å². The van der Waals surface area contributed by atoms with E-state index in [9.17, 15) is 0 Å². The van der Waals surface area contributed by atoms with Gasteiger partial charge in [-0.2, -0.15) is 0 Å². The molecule has 0 N–H and O–H groups in total.